The number of ketones is 1. The van der Waals surface area contributed by atoms with Crippen molar-refractivity contribution in [1.29, 1.82) is 0 Å². The Morgan fingerprint density at radius 3 is 2.19 bits per heavy atom. The SMILES string of the molecule is Cc1cccc(CC[Si](C)(C)O[Si](C)(C)C)c1C(=O)Cc1ccccc1. The van der Waals surface area contributed by atoms with Gasteiger partial charge in [-0.05, 0) is 68.8 Å². The molecule has 0 aromatic heterocycles. The third kappa shape index (κ3) is 6.34. The second kappa shape index (κ2) is 8.46. The van der Waals surface area contributed by atoms with Crippen molar-refractivity contribution in [2.45, 2.75) is 58.5 Å². The van der Waals surface area contributed by atoms with Crippen LogP contribution in [0.2, 0.25) is 38.8 Å². The fourth-order valence-corrected chi connectivity index (χ4v) is 11.4. The number of carbonyl (C=O) groups is 1. The van der Waals surface area contributed by atoms with Crippen LogP contribution < -0.4 is 0 Å². The Morgan fingerprint density at radius 2 is 1.58 bits per heavy atom. The van der Waals surface area contributed by atoms with Gasteiger partial charge in [0.2, 0.25) is 0 Å². The van der Waals surface area contributed by atoms with Gasteiger partial charge in [0.15, 0.2) is 22.4 Å². The normalized spacial score (nSPS) is 12.2. The van der Waals surface area contributed by atoms with E-state index in [0.717, 1.165) is 29.2 Å². The lowest BCUT2D eigenvalue weighted by molar-refractivity contribution is 0.0991. The van der Waals surface area contributed by atoms with E-state index < -0.39 is 16.6 Å². The fraction of sp³-hybridized carbons (Fsp3) is 0.409. The average molecular weight is 385 g/mol. The van der Waals surface area contributed by atoms with E-state index in [4.69, 9.17) is 4.12 Å². The van der Waals surface area contributed by atoms with Crippen LogP contribution in [0.3, 0.4) is 0 Å². The van der Waals surface area contributed by atoms with Gasteiger partial charge >= 0.3 is 0 Å². The molecule has 4 heteroatoms. The van der Waals surface area contributed by atoms with E-state index in [1.165, 1.54) is 5.56 Å². The zero-order chi connectivity index (χ0) is 19.4. The van der Waals surface area contributed by atoms with Crippen molar-refractivity contribution < 1.29 is 8.91 Å². The van der Waals surface area contributed by atoms with E-state index in [1.807, 2.05) is 43.3 Å². The average Bonchev–Trinajstić information content (AvgIpc) is 2.51. The van der Waals surface area contributed by atoms with Gasteiger partial charge in [0.1, 0.15) is 0 Å². The lowest BCUT2D eigenvalue weighted by Gasteiger charge is -2.31. The van der Waals surface area contributed by atoms with Gasteiger partial charge in [0, 0.05) is 12.0 Å². The number of rotatable bonds is 8. The molecule has 2 aromatic carbocycles. The molecule has 0 N–H and O–H groups in total. The number of hydrogen-bond donors (Lipinski definition) is 0. The molecule has 2 rings (SSSR count). The van der Waals surface area contributed by atoms with E-state index in [0.29, 0.717) is 6.42 Å². The number of hydrogen-bond acceptors (Lipinski definition) is 2. The molecule has 0 atom stereocenters. The molecule has 0 amide bonds. The van der Waals surface area contributed by atoms with Crippen LogP contribution in [0.25, 0.3) is 0 Å². The molecule has 0 fully saturated rings. The van der Waals surface area contributed by atoms with Crippen molar-refractivity contribution in [2.24, 2.45) is 0 Å². The number of aryl methyl sites for hydroxylation is 2. The van der Waals surface area contributed by atoms with Crippen molar-refractivity contribution >= 4 is 22.4 Å². The van der Waals surface area contributed by atoms with Gasteiger partial charge < -0.3 is 4.12 Å². The summed E-state index contributed by atoms with van der Waals surface area (Å²) in [5.74, 6) is 0.217. The van der Waals surface area contributed by atoms with Crippen LogP contribution in [0.15, 0.2) is 48.5 Å². The molecule has 0 radical (unpaired) electrons. The highest BCUT2D eigenvalue weighted by Crippen LogP contribution is 2.24. The van der Waals surface area contributed by atoms with Crippen LogP contribution in [0.1, 0.15) is 27.0 Å². The minimum atomic E-state index is -1.72. The van der Waals surface area contributed by atoms with E-state index in [-0.39, 0.29) is 5.78 Å². The van der Waals surface area contributed by atoms with Gasteiger partial charge in [0.05, 0.1) is 0 Å². The molecule has 0 aliphatic rings. The monoisotopic (exact) mass is 384 g/mol. The summed E-state index contributed by atoms with van der Waals surface area (Å²) in [4.78, 5) is 13.0. The second-order valence-corrected chi connectivity index (χ2v) is 17.7. The minimum Gasteiger partial charge on any atom is -0.456 e. The molecule has 26 heavy (non-hydrogen) atoms. The minimum absolute atomic E-state index is 0.217. The van der Waals surface area contributed by atoms with Crippen LogP contribution in [0, 0.1) is 6.92 Å². The molecule has 2 nitrogen and oxygen atoms in total. The molecule has 140 valence electrons. The fourth-order valence-electron chi connectivity index (χ4n) is 3.52. The largest absolute Gasteiger partial charge is 0.456 e. The smallest absolute Gasteiger partial charge is 0.173 e. The van der Waals surface area contributed by atoms with Crippen LogP contribution in [-0.2, 0) is 17.0 Å². The predicted octanol–water partition coefficient (Wildman–Crippen LogP) is 6.02. The third-order valence-corrected chi connectivity index (χ3v) is 10.5. The van der Waals surface area contributed by atoms with Crippen LogP contribution >= 0.6 is 0 Å². The van der Waals surface area contributed by atoms with Gasteiger partial charge in [-0.2, -0.15) is 0 Å². The quantitative estimate of drug-likeness (QED) is 0.411. The Bertz CT molecular complexity index is 746. The summed E-state index contributed by atoms with van der Waals surface area (Å²) in [5, 5.41) is 0. The van der Waals surface area contributed by atoms with E-state index >= 15 is 0 Å². The summed E-state index contributed by atoms with van der Waals surface area (Å²) >= 11 is 0. The number of carbonyl (C=O) groups excluding carboxylic acids is 1. The molecule has 0 saturated heterocycles. The van der Waals surface area contributed by atoms with Gasteiger partial charge in [-0.3, -0.25) is 4.79 Å². The Morgan fingerprint density at radius 1 is 0.923 bits per heavy atom. The third-order valence-electron chi connectivity index (χ3n) is 4.42. The summed E-state index contributed by atoms with van der Waals surface area (Å²) in [7, 11) is -3.25. The Kier molecular flexibility index (Phi) is 6.77. The molecule has 0 unspecified atom stereocenters. The van der Waals surface area contributed by atoms with Crippen molar-refractivity contribution in [3.05, 3.63) is 70.8 Å². The van der Waals surface area contributed by atoms with Crippen molar-refractivity contribution in [3.63, 3.8) is 0 Å². The molecule has 0 heterocycles. The van der Waals surface area contributed by atoms with Gasteiger partial charge in [-0.25, -0.2) is 0 Å². The van der Waals surface area contributed by atoms with E-state index in [1.54, 1.807) is 0 Å². The maximum absolute atomic E-state index is 13.0. The van der Waals surface area contributed by atoms with Gasteiger partial charge in [-0.15, -0.1) is 0 Å². The van der Waals surface area contributed by atoms with E-state index in [2.05, 4.69) is 44.9 Å². The topological polar surface area (TPSA) is 26.3 Å². The van der Waals surface area contributed by atoms with Crippen LogP contribution in [-0.4, -0.2) is 22.4 Å². The molecule has 0 aliphatic carbocycles. The van der Waals surface area contributed by atoms with E-state index in [9.17, 15) is 4.79 Å². The second-order valence-electron chi connectivity index (χ2n) is 8.67. The zero-order valence-electron chi connectivity index (χ0n) is 17.1. The molecule has 2 aromatic rings. The standard InChI is InChI=1S/C22H32O2Si2/c1-18-11-10-14-20(15-16-26(5,6)24-25(2,3)4)22(18)21(23)17-19-12-8-7-9-13-19/h7-14H,15-17H2,1-6H3. The molecule has 0 saturated carbocycles. The Balaban J connectivity index is 2.17. The molecule has 0 bridgehead atoms. The first-order chi connectivity index (χ1) is 12.1. The van der Waals surface area contributed by atoms with Crippen molar-refractivity contribution in [1.82, 2.24) is 0 Å². The molecular formula is C22H32O2Si2. The van der Waals surface area contributed by atoms with Crippen molar-refractivity contribution in [3.8, 4) is 0 Å². The van der Waals surface area contributed by atoms with Crippen molar-refractivity contribution in [2.75, 3.05) is 0 Å². The number of benzene rings is 2. The lowest BCUT2D eigenvalue weighted by Crippen LogP contribution is -2.42. The summed E-state index contributed by atoms with van der Waals surface area (Å²) in [6.07, 6.45) is 1.38. The Labute approximate surface area is 160 Å². The summed E-state index contributed by atoms with van der Waals surface area (Å²) in [5.41, 5.74) is 4.23. The maximum Gasteiger partial charge on any atom is 0.173 e. The highest BCUT2D eigenvalue weighted by atomic mass is 28.4. The number of Topliss-reactive ketones (excluding diaryl/α,β-unsaturated/α-hetero) is 1. The van der Waals surface area contributed by atoms with Gasteiger partial charge in [0.25, 0.3) is 0 Å². The first-order valence-electron chi connectivity index (χ1n) is 9.43. The van der Waals surface area contributed by atoms with Gasteiger partial charge in [-0.1, -0.05) is 48.5 Å². The summed E-state index contributed by atoms with van der Waals surface area (Å²) < 4.78 is 6.47. The lowest BCUT2D eigenvalue weighted by atomic mass is 9.93. The summed E-state index contributed by atoms with van der Waals surface area (Å²) in [6.45, 7) is 13.4. The maximum atomic E-state index is 13.0. The van der Waals surface area contributed by atoms with Crippen LogP contribution in [0.5, 0.6) is 0 Å². The van der Waals surface area contributed by atoms with Crippen LogP contribution in [0.4, 0.5) is 0 Å². The zero-order valence-corrected chi connectivity index (χ0v) is 19.1. The first-order valence-corrected chi connectivity index (χ1v) is 16.0. The molecule has 0 spiro atoms. The Hall–Kier alpha value is -1.50. The predicted molar refractivity (Wildman–Crippen MR) is 116 cm³/mol. The summed E-state index contributed by atoms with van der Waals surface area (Å²) in [6, 6.07) is 17.3. The molecular weight excluding hydrogens is 352 g/mol. The highest BCUT2D eigenvalue weighted by Gasteiger charge is 2.29. The first kappa shape index (κ1) is 20.8. The highest BCUT2D eigenvalue weighted by molar-refractivity contribution is 6.84. The molecule has 0 aliphatic heterocycles.